The summed E-state index contributed by atoms with van der Waals surface area (Å²) < 4.78 is 46.3. The van der Waals surface area contributed by atoms with Crippen molar-refractivity contribution in [2.75, 3.05) is 25.1 Å². The summed E-state index contributed by atoms with van der Waals surface area (Å²) >= 11 is 12.5. The Morgan fingerprint density at radius 1 is 1.16 bits per heavy atom. The lowest BCUT2D eigenvalue weighted by Gasteiger charge is -2.27. The van der Waals surface area contributed by atoms with Crippen molar-refractivity contribution in [3.8, 4) is 5.75 Å². The fourth-order valence-corrected chi connectivity index (χ4v) is 5.64. The van der Waals surface area contributed by atoms with E-state index >= 15 is 0 Å². The molecule has 0 aliphatic carbocycles. The van der Waals surface area contributed by atoms with Crippen molar-refractivity contribution >= 4 is 46.5 Å². The summed E-state index contributed by atoms with van der Waals surface area (Å²) in [6.07, 6.45) is -5.05. The number of halogens is 5. The minimum absolute atomic E-state index is 0.151. The van der Waals surface area contributed by atoms with Gasteiger partial charge >= 0.3 is 6.18 Å². The lowest BCUT2D eigenvalue weighted by Crippen LogP contribution is -2.50. The number of likely N-dealkylation sites (N-methyl/N-ethyl adjacent to an activating group) is 1. The Hall–Kier alpha value is -4.08. The highest BCUT2D eigenvalue weighted by molar-refractivity contribution is 6.39. The molecule has 44 heavy (non-hydrogen) atoms. The van der Waals surface area contributed by atoms with E-state index in [2.05, 4.69) is 30.6 Å². The van der Waals surface area contributed by atoms with Gasteiger partial charge in [-0.05, 0) is 35.4 Å². The third kappa shape index (κ3) is 6.12. The van der Waals surface area contributed by atoms with Gasteiger partial charge in [0, 0.05) is 36.6 Å². The fraction of sp³-hybridized carbons (Fsp3) is 0.370. The van der Waals surface area contributed by atoms with Gasteiger partial charge in [-0.3, -0.25) is 14.5 Å². The van der Waals surface area contributed by atoms with Gasteiger partial charge in [-0.15, -0.1) is 10.2 Å². The van der Waals surface area contributed by atoms with Crippen LogP contribution in [0.4, 0.5) is 18.9 Å². The highest BCUT2D eigenvalue weighted by Gasteiger charge is 2.38. The molecule has 6 rings (SSSR count). The smallest absolute Gasteiger partial charge is 0.453 e. The van der Waals surface area contributed by atoms with Crippen LogP contribution in [-0.4, -0.2) is 69.7 Å². The van der Waals surface area contributed by atoms with E-state index in [4.69, 9.17) is 27.9 Å². The van der Waals surface area contributed by atoms with Gasteiger partial charge in [0.15, 0.2) is 6.17 Å². The molecule has 1 N–H and O–H groups in total. The second kappa shape index (κ2) is 11.8. The zero-order chi connectivity index (χ0) is 31.2. The first-order chi connectivity index (χ1) is 21.0. The lowest BCUT2D eigenvalue weighted by atomic mass is 10.1. The van der Waals surface area contributed by atoms with E-state index in [-0.39, 0.29) is 37.8 Å². The number of amides is 2. The number of carbonyl (C=O) groups is 2. The summed E-state index contributed by atoms with van der Waals surface area (Å²) in [5.41, 5.74) is 1.95. The number of alkyl halides is 3. The predicted octanol–water partition coefficient (Wildman–Crippen LogP) is 3.89. The SMILES string of the molecule is CN1C(=O)[C@@H](NC(=O)C2=NC(Cc3c(Cl)cccc3Cl)N=N2)COc2cc(CN3CCn4nc(C(F)(F)F)nc4C3)ccc21. The van der Waals surface area contributed by atoms with Crippen LogP contribution in [0.1, 0.15) is 22.8 Å². The van der Waals surface area contributed by atoms with Crippen molar-refractivity contribution in [2.24, 2.45) is 15.2 Å². The number of ether oxygens (including phenoxy) is 1. The maximum atomic E-state index is 13.2. The maximum absolute atomic E-state index is 13.2. The van der Waals surface area contributed by atoms with Crippen LogP contribution in [0.3, 0.4) is 0 Å². The van der Waals surface area contributed by atoms with E-state index in [9.17, 15) is 22.8 Å². The van der Waals surface area contributed by atoms with Gasteiger partial charge in [0.25, 0.3) is 17.6 Å². The molecular weight excluding hydrogens is 626 g/mol. The number of nitrogens with zero attached hydrogens (tertiary/aromatic N) is 8. The second-order valence-electron chi connectivity index (χ2n) is 10.4. The first-order valence-corrected chi connectivity index (χ1v) is 14.2. The van der Waals surface area contributed by atoms with E-state index in [1.54, 1.807) is 37.4 Å². The highest BCUT2D eigenvalue weighted by Crippen LogP contribution is 2.33. The molecule has 0 spiro atoms. The van der Waals surface area contributed by atoms with Crippen molar-refractivity contribution in [1.29, 1.82) is 0 Å². The molecule has 0 saturated heterocycles. The van der Waals surface area contributed by atoms with Crippen molar-refractivity contribution in [2.45, 2.75) is 44.4 Å². The summed E-state index contributed by atoms with van der Waals surface area (Å²) in [4.78, 5) is 37.4. The molecule has 0 bridgehead atoms. The number of fused-ring (bicyclic) bond motifs is 2. The Kier molecular flexibility index (Phi) is 8.02. The fourth-order valence-electron chi connectivity index (χ4n) is 5.09. The molecule has 0 saturated carbocycles. The number of anilines is 1. The minimum atomic E-state index is -4.60. The van der Waals surface area contributed by atoms with E-state index < -0.39 is 36.0 Å². The number of carbonyl (C=O) groups excluding carboxylic acids is 2. The van der Waals surface area contributed by atoms with Crippen LogP contribution in [0.5, 0.6) is 5.75 Å². The summed E-state index contributed by atoms with van der Waals surface area (Å²) in [6, 6.07) is 9.37. The Labute approximate surface area is 258 Å². The minimum Gasteiger partial charge on any atom is -0.489 e. The topological polar surface area (TPSA) is 130 Å². The first-order valence-electron chi connectivity index (χ1n) is 13.4. The van der Waals surface area contributed by atoms with Crippen molar-refractivity contribution in [1.82, 2.24) is 25.0 Å². The number of aliphatic imine (C=N–C) groups is 1. The van der Waals surface area contributed by atoms with Gasteiger partial charge in [-0.1, -0.05) is 35.3 Å². The first kappa shape index (κ1) is 30.0. The number of hydrogen-bond acceptors (Lipinski definition) is 9. The Morgan fingerprint density at radius 3 is 2.68 bits per heavy atom. The molecular formula is C27H24Cl2F3N9O3. The van der Waals surface area contributed by atoms with Gasteiger partial charge < -0.3 is 15.0 Å². The monoisotopic (exact) mass is 649 g/mol. The van der Waals surface area contributed by atoms with Crippen molar-refractivity contribution in [3.63, 3.8) is 0 Å². The summed E-state index contributed by atoms with van der Waals surface area (Å²) in [7, 11) is 1.57. The Bertz CT molecular complexity index is 1670. The second-order valence-corrected chi connectivity index (χ2v) is 11.2. The summed E-state index contributed by atoms with van der Waals surface area (Å²) in [5, 5.41) is 15.0. The standard InChI is InChI=1S/C27H24Cl2F3N9O3/c1-39-19-6-5-14(11-40-7-8-41-22(12-40)35-26(38-41)27(30,31)32)9-20(19)44-13-18(25(39)43)33-24(42)23-34-21(36-37-23)10-15-16(28)3-2-4-17(15)29/h2-6,9,18,21H,7-8,10-13H2,1H3,(H,33,42)/t18-,21?/m0/s1. The molecule has 0 radical (unpaired) electrons. The molecule has 0 fully saturated rings. The van der Waals surface area contributed by atoms with Gasteiger partial charge in [0.05, 0.1) is 18.8 Å². The molecule has 4 heterocycles. The molecule has 2 amide bonds. The number of azo groups is 1. The van der Waals surface area contributed by atoms with Crippen molar-refractivity contribution < 1.29 is 27.5 Å². The van der Waals surface area contributed by atoms with Crippen LogP contribution in [0.15, 0.2) is 51.6 Å². The van der Waals surface area contributed by atoms with Crippen LogP contribution in [0, 0.1) is 0 Å². The molecule has 2 aromatic carbocycles. The van der Waals surface area contributed by atoms with E-state index in [0.29, 0.717) is 40.1 Å². The summed E-state index contributed by atoms with van der Waals surface area (Å²) in [5.74, 6) is -1.76. The van der Waals surface area contributed by atoms with E-state index in [0.717, 1.165) is 5.56 Å². The normalized spacial score (nSPS) is 20.1. The number of rotatable bonds is 6. The maximum Gasteiger partial charge on any atom is 0.453 e. The molecule has 1 unspecified atom stereocenters. The van der Waals surface area contributed by atoms with E-state index in [1.807, 2.05) is 11.0 Å². The Morgan fingerprint density at radius 2 is 1.93 bits per heavy atom. The quantitative estimate of drug-likeness (QED) is 0.431. The molecule has 12 nitrogen and oxygen atoms in total. The van der Waals surface area contributed by atoms with Crippen LogP contribution < -0.4 is 15.0 Å². The molecule has 17 heteroatoms. The molecule has 230 valence electrons. The average Bonchev–Trinajstić information content (AvgIpc) is 3.61. The third-order valence-corrected chi connectivity index (χ3v) is 8.04. The van der Waals surface area contributed by atoms with Crippen LogP contribution >= 0.6 is 23.2 Å². The molecule has 3 aromatic rings. The number of amidine groups is 1. The van der Waals surface area contributed by atoms with Crippen LogP contribution in [0.25, 0.3) is 0 Å². The van der Waals surface area contributed by atoms with Gasteiger partial charge in [-0.25, -0.2) is 14.7 Å². The number of nitrogens with one attached hydrogen (secondary N) is 1. The van der Waals surface area contributed by atoms with Crippen LogP contribution in [-0.2, 0) is 41.8 Å². The molecule has 3 aliphatic heterocycles. The lowest BCUT2D eigenvalue weighted by molar-refractivity contribution is -0.145. The molecule has 3 aliphatic rings. The van der Waals surface area contributed by atoms with Gasteiger partial charge in [0.2, 0.25) is 5.84 Å². The molecule has 2 atom stereocenters. The largest absolute Gasteiger partial charge is 0.489 e. The predicted molar refractivity (Wildman–Crippen MR) is 153 cm³/mol. The van der Waals surface area contributed by atoms with Gasteiger partial charge in [0.1, 0.15) is 24.2 Å². The third-order valence-electron chi connectivity index (χ3n) is 7.33. The van der Waals surface area contributed by atoms with Crippen LogP contribution in [0.2, 0.25) is 10.0 Å². The van der Waals surface area contributed by atoms with E-state index in [1.165, 1.54) is 9.58 Å². The average molecular weight is 650 g/mol. The zero-order valence-electron chi connectivity index (χ0n) is 23.1. The number of aromatic nitrogens is 3. The molecule has 1 aromatic heterocycles. The number of hydrogen-bond donors (Lipinski definition) is 1. The van der Waals surface area contributed by atoms with Crippen molar-refractivity contribution in [3.05, 3.63) is 69.2 Å². The highest BCUT2D eigenvalue weighted by atomic mass is 35.5. The Balaban J connectivity index is 1.09. The van der Waals surface area contributed by atoms with Gasteiger partial charge in [-0.2, -0.15) is 18.3 Å². The number of benzene rings is 2. The summed E-state index contributed by atoms with van der Waals surface area (Å²) in [6.45, 7) is 1.21. The zero-order valence-corrected chi connectivity index (χ0v) is 24.6.